The molecule has 9 rings (SSSR count). The molecule has 9 aromatic carbocycles. The van der Waals surface area contributed by atoms with Gasteiger partial charge >= 0.3 is 0 Å². The van der Waals surface area contributed by atoms with Gasteiger partial charge in [0.1, 0.15) is 0 Å². The van der Waals surface area contributed by atoms with Crippen LogP contribution in [0.25, 0.3) is 43.1 Å². The smallest absolute Gasteiger partial charge is 0.0546 e. The van der Waals surface area contributed by atoms with Gasteiger partial charge in [-0.2, -0.15) is 0 Å². The van der Waals surface area contributed by atoms with Crippen LogP contribution >= 0.6 is 15.9 Å². The molecule has 0 spiro atoms. The van der Waals surface area contributed by atoms with Crippen LogP contribution in [0.1, 0.15) is 0 Å². The molecule has 232 valence electrons. The fourth-order valence-corrected chi connectivity index (χ4v) is 7.73. The summed E-state index contributed by atoms with van der Waals surface area (Å²) in [5.74, 6) is 0. The second kappa shape index (κ2) is 12.3. The normalized spacial score (nSPS) is 11.4. The molecule has 0 aliphatic rings. The molecule has 3 heteroatoms. The van der Waals surface area contributed by atoms with E-state index >= 15 is 0 Å². The van der Waals surface area contributed by atoms with Crippen molar-refractivity contribution < 1.29 is 0 Å². The molecule has 2 nitrogen and oxygen atoms in total. The monoisotopic (exact) mass is 690 g/mol. The van der Waals surface area contributed by atoms with Crippen LogP contribution in [0.4, 0.5) is 34.1 Å². The van der Waals surface area contributed by atoms with Gasteiger partial charge < -0.3 is 9.80 Å². The summed E-state index contributed by atoms with van der Waals surface area (Å²) in [5.41, 5.74) is 6.56. The molecule has 0 saturated heterocycles. The maximum atomic E-state index is 3.97. The summed E-state index contributed by atoms with van der Waals surface area (Å²) in [4.78, 5) is 4.79. The van der Waals surface area contributed by atoms with E-state index in [4.69, 9.17) is 0 Å². The molecule has 9 aromatic rings. The predicted molar refractivity (Wildman–Crippen MR) is 214 cm³/mol. The van der Waals surface area contributed by atoms with E-state index in [1.807, 2.05) is 0 Å². The van der Waals surface area contributed by atoms with Crippen molar-refractivity contribution in [1.82, 2.24) is 0 Å². The number of rotatable bonds is 6. The Labute approximate surface area is 294 Å². The first kappa shape index (κ1) is 29.3. The molecular weight excluding hydrogens is 660 g/mol. The minimum absolute atomic E-state index is 0.997. The summed E-state index contributed by atoms with van der Waals surface area (Å²) in [6.07, 6.45) is 0. The molecule has 0 amide bonds. The molecule has 0 bridgehead atoms. The zero-order chi connectivity index (χ0) is 32.7. The third-order valence-electron chi connectivity index (χ3n) is 9.39. The Hall–Kier alpha value is -5.90. The highest BCUT2D eigenvalue weighted by molar-refractivity contribution is 9.10. The van der Waals surface area contributed by atoms with Gasteiger partial charge in [0, 0.05) is 38.0 Å². The van der Waals surface area contributed by atoms with Crippen LogP contribution in [0, 0.1) is 0 Å². The molecule has 0 aromatic heterocycles. The minimum atomic E-state index is 0.997. The van der Waals surface area contributed by atoms with Gasteiger partial charge in [-0.15, -0.1) is 0 Å². The third-order valence-corrected chi connectivity index (χ3v) is 9.84. The van der Waals surface area contributed by atoms with Gasteiger partial charge in [-0.3, -0.25) is 0 Å². The van der Waals surface area contributed by atoms with Gasteiger partial charge in [0.2, 0.25) is 0 Å². The van der Waals surface area contributed by atoms with Crippen molar-refractivity contribution in [2.75, 3.05) is 9.80 Å². The van der Waals surface area contributed by atoms with Crippen molar-refractivity contribution in [3.05, 3.63) is 193 Å². The van der Waals surface area contributed by atoms with Crippen molar-refractivity contribution in [2.45, 2.75) is 0 Å². The van der Waals surface area contributed by atoms with E-state index in [0.717, 1.165) is 38.6 Å². The van der Waals surface area contributed by atoms with E-state index in [2.05, 4.69) is 214 Å². The quantitative estimate of drug-likeness (QED) is 0.160. The van der Waals surface area contributed by atoms with E-state index in [1.165, 1.54) is 43.1 Å². The van der Waals surface area contributed by atoms with Gasteiger partial charge in [0.25, 0.3) is 0 Å². The average molecular weight is 692 g/mol. The molecule has 0 saturated carbocycles. The SMILES string of the molecule is Brc1cc(N(c2ccccc2)c2cc3ccccc3c3ccccc23)cc(N(c2ccccc2)c2cc3ccccc3c3ccccc23)c1. The van der Waals surface area contributed by atoms with E-state index in [0.29, 0.717) is 0 Å². The van der Waals surface area contributed by atoms with Crippen LogP contribution in [0.2, 0.25) is 0 Å². The summed E-state index contributed by atoms with van der Waals surface area (Å²) in [7, 11) is 0. The van der Waals surface area contributed by atoms with E-state index in [9.17, 15) is 0 Å². The zero-order valence-corrected chi connectivity index (χ0v) is 28.3. The Morgan fingerprint density at radius 1 is 0.286 bits per heavy atom. The number of nitrogens with zero attached hydrogens (tertiary/aromatic N) is 2. The van der Waals surface area contributed by atoms with Crippen molar-refractivity contribution >= 4 is 93.1 Å². The standard InChI is InChI=1S/C46H31BrN2/c47-34-29-37(48(35-17-3-1-4-18-35)45-27-32-15-7-9-21-39(32)41-23-11-13-25-43(41)45)31-38(30-34)49(36-19-5-2-6-20-36)46-28-33-16-8-10-22-40(33)42-24-12-14-26-44(42)46/h1-31H. The van der Waals surface area contributed by atoms with Crippen molar-refractivity contribution in [3.8, 4) is 0 Å². The largest absolute Gasteiger partial charge is 0.310 e. The molecule has 0 aliphatic carbocycles. The van der Waals surface area contributed by atoms with Crippen LogP contribution in [-0.2, 0) is 0 Å². The molecule has 0 radical (unpaired) electrons. The first-order chi connectivity index (χ1) is 24.2. The van der Waals surface area contributed by atoms with Crippen LogP contribution in [0.5, 0.6) is 0 Å². The third kappa shape index (κ3) is 5.20. The Kier molecular flexibility index (Phi) is 7.33. The van der Waals surface area contributed by atoms with Crippen LogP contribution < -0.4 is 9.80 Å². The second-order valence-electron chi connectivity index (χ2n) is 12.3. The van der Waals surface area contributed by atoms with Gasteiger partial charge in [0.05, 0.1) is 11.4 Å². The molecule has 0 N–H and O–H groups in total. The lowest BCUT2D eigenvalue weighted by Gasteiger charge is -2.31. The number of anilines is 6. The number of halogens is 1. The molecule has 0 atom stereocenters. The van der Waals surface area contributed by atoms with Gasteiger partial charge in [0.15, 0.2) is 0 Å². The maximum Gasteiger partial charge on any atom is 0.0546 e. The van der Waals surface area contributed by atoms with Crippen molar-refractivity contribution in [3.63, 3.8) is 0 Å². The number of hydrogen-bond donors (Lipinski definition) is 0. The second-order valence-corrected chi connectivity index (χ2v) is 13.3. The lowest BCUT2D eigenvalue weighted by molar-refractivity contribution is 1.26. The number of benzene rings is 9. The average Bonchev–Trinajstić information content (AvgIpc) is 3.16. The zero-order valence-electron chi connectivity index (χ0n) is 26.7. The number of para-hydroxylation sites is 2. The highest BCUT2D eigenvalue weighted by Crippen LogP contribution is 2.47. The topological polar surface area (TPSA) is 6.48 Å². The molecule has 0 unspecified atom stereocenters. The lowest BCUT2D eigenvalue weighted by Crippen LogP contribution is -2.14. The highest BCUT2D eigenvalue weighted by Gasteiger charge is 2.22. The van der Waals surface area contributed by atoms with Crippen LogP contribution in [0.15, 0.2) is 193 Å². The summed E-state index contributed by atoms with van der Waals surface area (Å²) in [6.45, 7) is 0. The van der Waals surface area contributed by atoms with Crippen LogP contribution in [0.3, 0.4) is 0 Å². The Morgan fingerprint density at radius 3 is 1.06 bits per heavy atom. The maximum absolute atomic E-state index is 3.97. The van der Waals surface area contributed by atoms with Crippen molar-refractivity contribution in [2.24, 2.45) is 0 Å². The predicted octanol–water partition coefficient (Wildman–Crippen LogP) is 14.0. The molecule has 0 fully saturated rings. The fourth-order valence-electron chi connectivity index (χ4n) is 7.26. The van der Waals surface area contributed by atoms with E-state index < -0.39 is 0 Å². The first-order valence-corrected chi connectivity index (χ1v) is 17.3. The Balaban J connectivity index is 1.33. The summed E-state index contributed by atoms with van der Waals surface area (Å²) >= 11 is 3.97. The van der Waals surface area contributed by atoms with Crippen LogP contribution in [-0.4, -0.2) is 0 Å². The first-order valence-electron chi connectivity index (χ1n) is 16.5. The van der Waals surface area contributed by atoms with E-state index in [-0.39, 0.29) is 0 Å². The Morgan fingerprint density at radius 2 is 0.633 bits per heavy atom. The van der Waals surface area contributed by atoms with Crippen molar-refractivity contribution in [1.29, 1.82) is 0 Å². The highest BCUT2D eigenvalue weighted by atomic mass is 79.9. The summed E-state index contributed by atoms with van der Waals surface area (Å²) in [5, 5.41) is 9.80. The Bertz CT molecular complexity index is 2450. The molecule has 0 aliphatic heterocycles. The fraction of sp³-hybridized carbons (Fsp3) is 0. The summed E-state index contributed by atoms with van der Waals surface area (Å²) < 4.78 is 0.997. The number of hydrogen-bond acceptors (Lipinski definition) is 2. The number of fused-ring (bicyclic) bond motifs is 6. The molecular formula is C46H31BrN2. The summed E-state index contributed by atoms with van der Waals surface area (Å²) in [6, 6.07) is 67.6. The minimum Gasteiger partial charge on any atom is -0.310 e. The molecule has 49 heavy (non-hydrogen) atoms. The molecule has 0 heterocycles. The van der Waals surface area contributed by atoms with Gasteiger partial charge in [-0.1, -0.05) is 149 Å². The lowest BCUT2D eigenvalue weighted by atomic mass is 9.98. The van der Waals surface area contributed by atoms with Gasteiger partial charge in [-0.05, 0) is 86.9 Å². The van der Waals surface area contributed by atoms with E-state index in [1.54, 1.807) is 0 Å². The van der Waals surface area contributed by atoms with Gasteiger partial charge in [-0.25, -0.2) is 0 Å².